The molecule has 3 aromatic carbocycles. The molecule has 3 amide bonds. The van der Waals surface area contributed by atoms with Gasteiger partial charge in [-0.1, -0.05) is 41.9 Å². The third-order valence-electron chi connectivity index (χ3n) is 4.79. The second-order valence-electron chi connectivity index (χ2n) is 6.56. The van der Waals surface area contributed by atoms with Crippen LogP contribution in [0.4, 0.5) is 16.2 Å². The van der Waals surface area contributed by atoms with Crippen LogP contribution < -0.4 is 15.5 Å². The monoisotopic (exact) mass is 391 g/mol. The zero-order valence-corrected chi connectivity index (χ0v) is 16.0. The van der Waals surface area contributed by atoms with E-state index in [0.717, 1.165) is 27.9 Å². The largest absolute Gasteiger partial charge is 0.348 e. The van der Waals surface area contributed by atoms with Crippen molar-refractivity contribution < 1.29 is 9.59 Å². The molecule has 0 radical (unpaired) electrons. The predicted octanol–water partition coefficient (Wildman–Crippen LogP) is 4.92. The molecule has 0 atom stereocenters. The number of halogens is 1. The second-order valence-corrected chi connectivity index (χ2v) is 7.00. The van der Waals surface area contributed by atoms with Crippen molar-refractivity contribution in [3.05, 3.63) is 82.9 Å². The average Bonchev–Trinajstić information content (AvgIpc) is 3.09. The molecule has 0 spiro atoms. The Balaban J connectivity index is 1.53. The molecular weight excluding hydrogens is 374 g/mol. The van der Waals surface area contributed by atoms with E-state index in [-0.39, 0.29) is 11.9 Å². The molecule has 5 nitrogen and oxygen atoms in total. The van der Waals surface area contributed by atoms with Crippen LogP contribution in [0.25, 0.3) is 11.1 Å². The van der Waals surface area contributed by atoms with Crippen molar-refractivity contribution in [2.24, 2.45) is 0 Å². The highest BCUT2D eigenvalue weighted by Crippen LogP contribution is 2.30. The van der Waals surface area contributed by atoms with E-state index < -0.39 is 0 Å². The Kier molecular flexibility index (Phi) is 4.75. The molecule has 140 valence electrons. The van der Waals surface area contributed by atoms with E-state index in [0.29, 0.717) is 17.3 Å². The average molecular weight is 392 g/mol. The topological polar surface area (TPSA) is 61.4 Å². The third-order valence-corrected chi connectivity index (χ3v) is 5.03. The molecule has 0 unspecified atom stereocenters. The molecule has 0 aromatic heterocycles. The van der Waals surface area contributed by atoms with Gasteiger partial charge in [0.2, 0.25) is 0 Å². The van der Waals surface area contributed by atoms with Crippen molar-refractivity contribution in [3.63, 3.8) is 0 Å². The van der Waals surface area contributed by atoms with Gasteiger partial charge in [0.25, 0.3) is 5.91 Å². The third kappa shape index (κ3) is 3.44. The smallest absolute Gasteiger partial charge is 0.326 e. The van der Waals surface area contributed by atoms with E-state index >= 15 is 0 Å². The summed E-state index contributed by atoms with van der Waals surface area (Å²) in [6.45, 7) is 0.536. The van der Waals surface area contributed by atoms with Crippen LogP contribution in [0, 0.1) is 0 Å². The maximum atomic E-state index is 12.5. The standard InChI is InChI=1S/C22H18ClN3O2/c1-26(22(28)25-16-5-2-4-15(23)12-16)17-10-8-14(9-11-17)18-6-3-7-19-20(18)13-24-21(19)27/h2-12H,13H2,1H3,(H,24,27)(H,25,28). The Morgan fingerprint density at radius 1 is 1.04 bits per heavy atom. The summed E-state index contributed by atoms with van der Waals surface area (Å²) >= 11 is 5.96. The number of benzene rings is 3. The number of nitrogens with one attached hydrogen (secondary N) is 2. The molecule has 2 N–H and O–H groups in total. The van der Waals surface area contributed by atoms with Gasteiger partial charge in [-0.25, -0.2) is 4.79 Å². The molecule has 4 rings (SSSR count). The molecule has 0 bridgehead atoms. The van der Waals surface area contributed by atoms with Crippen LogP contribution >= 0.6 is 11.6 Å². The number of anilines is 2. The van der Waals surface area contributed by atoms with Crippen LogP contribution in [0.2, 0.25) is 5.02 Å². The van der Waals surface area contributed by atoms with Crippen LogP contribution in [0.3, 0.4) is 0 Å². The first-order valence-corrected chi connectivity index (χ1v) is 9.21. The molecule has 1 aliphatic heterocycles. The SMILES string of the molecule is CN(C(=O)Nc1cccc(Cl)c1)c1ccc(-c2cccc3c2CNC3=O)cc1. The number of carbonyl (C=O) groups is 2. The highest BCUT2D eigenvalue weighted by Gasteiger charge is 2.21. The van der Waals surface area contributed by atoms with Gasteiger partial charge in [-0.05, 0) is 53.1 Å². The Bertz CT molecular complexity index is 1060. The molecule has 0 saturated carbocycles. The van der Waals surface area contributed by atoms with Crippen molar-refractivity contribution in [1.29, 1.82) is 0 Å². The van der Waals surface area contributed by atoms with Gasteiger partial charge in [-0.2, -0.15) is 0 Å². The second kappa shape index (κ2) is 7.37. The Morgan fingerprint density at radius 2 is 1.75 bits per heavy atom. The minimum absolute atomic E-state index is 0.0362. The molecule has 28 heavy (non-hydrogen) atoms. The van der Waals surface area contributed by atoms with Gasteiger partial charge in [-0.3, -0.25) is 9.69 Å². The van der Waals surface area contributed by atoms with Crippen molar-refractivity contribution in [1.82, 2.24) is 5.32 Å². The van der Waals surface area contributed by atoms with Gasteiger partial charge in [0.15, 0.2) is 0 Å². The minimum atomic E-state index is -0.259. The summed E-state index contributed by atoms with van der Waals surface area (Å²) in [5, 5.41) is 6.24. The van der Waals surface area contributed by atoms with Crippen molar-refractivity contribution >= 4 is 34.9 Å². The maximum absolute atomic E-state index is 12.5. The van der Waals surface area contributed by atoms with E-state index in [9.17, 15) is 9.59 Å². The number of rotatable bonds is 3. The summed E-state index contributed by atoms with van der Waals surface area (Å²) in [4.78, 5) is 25.9. The summed E-state index contributed by atoms with van der Waals surface area (Å²) in [6, 6.07) is 20.2. The summed E-state index contributed by atoms with van der Waals surface area (Å²) in [7, 11) is 1.71. The van der Waals surface area contributed by atoms with Crippen LogP contribution in [0.15, 0.2) is 66.7 Å². The summed E-state index contributed by atoms with van der Waals surface area (Å²) in [5.41, 5.74) is 5.14. The lowest BCUT2D eigenvalue weighted by Crippen LogP contribution is -2.31. The van der Waals surface area contributed by atoms with E-state index in [4.69, 9.17) is 11.6 Å². The predicted molar refractivity (Wildman–Crippen MR) is 112 cm³/mol. The number of urea groups is 1. The number of nitrogens with zero attached hydrogens (tertiary/aromatic N) is 1. The van der Waals surface area contributed by atoms with E-state index in [2.05, 4.69) is 10.6 Å². The van der Waals surface area contributed by atoms with Crippen LogP contribution in [-0.4, -0.2) is 19.0 Å². The Hall–Kier alpha value is -3.31. The molecule has 1 aliphatic rings. The summed E-state index contributed by atoms with van der Waals surface area (Å²) in [5.74, 6) is -0.0362. The van der Waals surface area contributed by atoms with E-state index in [1.807, 2.05) is 42.5 Å². The van der Waals surface area contributed by atoms with E-state index in [1.165, 1.54) is 4.90 Å². The van der Waals surface area contributed by atoms with Crippen LogP contribution in [0.5, 0.6) is 0 Å². The molecule has 1 heterocycles. The number of hydrogen-bond acceptors (Lipinski definition) is 2. The zero-order chi connectivity index (χ0) is 19.7. The van der Waals surface area contributed by atoms with Crippen molar-refractivity contribution in [3.8, 4) is 11.1 Å². The van der Waals surface area contributed by atoms with Crippen LogP contribution in [0.1, 0.15) is 15.9 Å². The van der Waals surface area contributed by atoms with Crippen molar-refractivity contribution in [2.45, 2.75) is 6.54 Å². The molecule has 0 saturated heterocycles. The molecular formula is C22H18ClN3O2. The Labute approximate surface area is 167 Å². The van der Waals surface area contributed by atoms with E-state index in [1.54, 1.807) is 31.3 Å². The number of fused-ring (bicyclic) bond motifs is 1. The van der Waals surface area contributed by atoms with Gasteiger partial charge in [0, 0.05) is 35.6 Å². The minimum Gasteiger partial charge on any atom is -0.348 e. The molecule has 6 heteroatoms. The lowest BCUT2D eigenvalue weighted by molar-refractivity contribution is 0.0965. The Morgan fingerprint density at radius 3 is 2.50 bits per heavy atom. The molecule has 0 fully saturated rings. The fourth-order valence-corrected chi connectivity index (χ4v) is 3.47. The number of amides is 3. The number of hydrogen-bond donors (Lipinski definition) is 2. The van der Waals surface area contributed by atoms with Crippen LogP contribution in [-0.2, 0) is 6.54 Å². The van der Waals surface area contributed by atoms with Gasteiger partial charge >= 0.3 is 6.03 Å². The lowest BCUT2D eigenvalue weighted by atomic mass is 9.97. The van der Waals surface area contributed by atoms with Gasteiger partial charge in [-0.15, -0.1) is 0 Å². The zero-order valence-electron chi connectivity index (χ0n) is 15.2. The first-order valence-electron chi connectivity index (χ1n) is 8.84. The summed E-state index contributed by atoms with van der Waals surface area (Å²) < 4.78 is 0. The molecule has 0 aliphatic carbocycles. The fraction of sp³-hybridized carbons (Fsp3) is 0.0909. The fourth-order valence-electron chi connectivity index (χ4n) is 3.28. The maximum Gasteiger partial charge on any atom is 0.326 e. The highest BCUT2D eigenvalue weighted by atomic mass is 35.5. The highest BCUT2D eigenvalue weighted by molar-refractivity contribution is 6.30. The summed E-state index contributed by atoms with van der Waals surface area (Å²) in [6.07, 6.45) is 0. The molecule has 3 aromatic rings. The normalized spacial score (nSPS) is 12.3. The van der Waals surface area contributed by atoms with Crippen molar-refractivity contribution in [2.75, 3.05) is 17.3 Å². The van der Waals surface area contributed by atoms with Gasteiger partial charge in [0.1, 0.15) is 0 Å². The first kappa shape index (κ1) is 18.1. The number of carbonyl (C=O) groups excluding carboxylic acids is 2. The first-order chi connectivity index (χ1) is 13.5. The van der Waals surface area contributed by atoms with Gasteiger partial charge < -0.3 is 10.6 Å². The lowest BCUT2D eigenvalue weighted by Gasteiger charge is -2.19. The quantitative estimate of drug-likeness (QED) is 0.665. The van der Waals surface area contributed by atoms with Gasteiger partial charge in [0.05, 0.1) is 0 Å².